The Morgan fingerprint density at radius 1 is 1.12 bits per heavy atom. The van der Waals surface area contributed by atoms with Gasteiger partial charge in [0.05, 0.1) is 27.9 Å². The van der Waals surface area contributed by atoms with E-state index >= 15 is 0 Å². The van der Waals surface area contributed by atoms with Gasteiger partial charge in [-0.05, 0) is 35.9 Å². The molecule has 128 valence electrons. The number of hydrogen-bond acceptors (Lipinski definition) is 4. The van der Waals surface area contributed by atoms with E-state index < -0.39 is 5.97 Å². The summed E-state index contributed by atoms with van der Waals surface area (Å²) in [5, 5.41) is 18.5. The number of anilines is 1. The Morgan fingerprint density at radius 2 is 1.80 bits per heavy atom. The van der Waals surface area contributed by atoms with Crippen molar-refractivity contribution in [1.82, 2.24) is 4.90 Å². The Kier molecular flexibility index (Phi) is 5.22. The highest BCUT2D eigenvalue weighted by molar-refractivity contribution is 6.33. The fraction of sp³-hybridized carbons (Fsp3) is 0.263. The molecule has 6 heteroatoms. The van der Waals surface area contributed by atoms with E-state index in [1.807, 2.05) is 18.2 Å². The number of carboxylic acid groups (broad SMARTS) is 1. The zero-order valence-electron chi connectivity index (χ0n) is 13.7. The SMILES string of the molecule is N#Cc1ccc(N2CCN(Cc3ccc(C(=O)O)cc3)CC2)c(Cl)c1. The van der Waals surface area contributed by atoms with Gasteiger partial charge in [0, 0.05) is 32.7 Å². The lowest BCUT2D eigenvalue weighted by Crippen LogP contribution is -2.46. The second-order valence-electron chi connectivity index (χ2n) is 6.04. The van der Waals surface area contributed by atoms with Crippen LogP contribution in [0.1, 0.15) is 21.5 Å². The third-order valence-electron chi connectivity index (χ3n) is 4.40. The maximum Gasteiger partial charge on any atom is 0.335 e. The number of nitriles is 1. The van der Waals surface area contributed by atoms with E-state index in [1.54, 1.807) is 24.3 Å². The van der Waals surface area contributed by atoms with Crippen molar-refractivity contribution in [2.45, 2.75) is 6.54 Å². The van der Waals surface area contributed by atoms with Gasteiger partial charge in [0.15, 0.2) is 0 Å². The molecule has 0 aliphatic carbocycles. The number of carbonyl (C=O) groups is 1. The second kappa shape index (κ2) is 7.56. The second-order valence-corrected chi connectivity index (χ2v) is 6.45. The quantitative estimate of drug-likeness (QED) is 0.912. The highest BCUT2D eigenvalue weighted by atomic mass is 35.5. The van der Waals surface area contributed by atoms with Crippen molar-refractivity contribution >= 4 is 23.3 Å². The van der Waals surface area contributed by atoms with Gasteiger partial charge in [-0.25, -0.2) is 4.79 Å². The van der Waals surface area contributed by atoms with Crippen LogP contribution in [-0.4, -0.2) is 42.2 Å². The number of carboxylic acids is 1. The summed E-state index contributed by atoms with van der Waals surface area (Å²) in [6, 6.07) is 14.5. The predicted octanol–water partition coefficient (Wildman–Crippen LogP) is 3.23. The van der Waals surface area contributed by atoms with Crippen molar-refractivity contribution in [2.24, 2.45) is 0 Å². The van der Waals surface area contributed by atoms with E-state index in [9.17, 15) is 4.79 Å². The van der Waals surface area contributed by atoms with Crippen molar-refractivity contribution in [3.05, 3.63) is 64.2 Å². The molecule has 1 saturated heterocycles. The molecule has 1 aliphatic rings. The molecule has 2 aromatic rings. The average molecular weight is 356 g/mol. The normalized spacial score (nSPS) is 15.0. The van der Waals surface area contributed by atoms with Crippen molar-refractivity contribution in [3.63, 3.8) is 0 Å². The van der Waals surface area contributed by atoms with E-state index in [0.717, 1.165) is 44.0 Å². The molecule has 1 heterocycles. The summed E-state index contributed by atoms with van der Waals surface area (Å²) in [7, 11) is 0. The van der Waals surface area contributed by atoms with Crippen molar-refractivity contribution in [2.75, 3.05) is 31.1 Å². The van der Waals surface area contributed by atoms with Crippen molar-refractivity contribution < 1.29 is 9.90 Å². The first-order valence-electron chi connectivity index (χ1n) is 8.06. The molecule has 0 bridgehead atoms. The number of hydrogen-bond donors (Lipinski definition) is 1. The Morgan fingerprint density at radius 3 is 2.36 bits per heavy atom. The van der Waals surface area contributed by atoms with Crippen LogP contribution in [0.15, 0.2) is 42.5 Å². The highest BCUT2D eigenvalue weighted by Crippen LogP contribution is 2.27. The van der Waals surface area contributed by atoms with Gasteiger partial charge in [0.2, 0.25) is 0 Å². The van der Waals surface area contributed by atoms with E-state index in [2.05, 4.69) is 15.9 Å². The van der Waals surface area contributed by atoms with E-state index in [-0.39, 0.29) is 0 Å². The summed E-state index contributed by atoms with van der Waals surface area (Å²) < 4.78 is 0. The van der Waals surface area contributed by atoms with Gasteiger partial charge in [-0.15, -0.1) is 0 Å². The molecule has 1 fully saturated rings. The fourth-order valence-electron chi connectivity index (χ4n) is 2.99. The van der Waals surface area contributed by atoms with Crippen LogP contribution in [0, 0.1) is 11.3 Å². The average Bonchev–Trinajstić information content (AvgIpc) is 2.63. The zero-order valence-corrected chi connectivity index (χ0v) is 14.4. The molecular formula is C19H18ClN3O2. The molecule has 0 atom stereocenters. The van der Waals surface area contributed by atoms with E-state index in [1.165, 1.54) is 0 Å². The van der Waals surface area contributed by atoms with Crippen molar-refractivity contribution in [3.8, 4) is 6.07 Å². The molecule has 1 aliphatic heterocycles. The Labute approximate surface area is 151 Å². The summed E-state index contributed by atoms with van der Waals surface area (Å²) in [5.74, 6) is -0.903. The third-order valence-corrected chi connectivity index (χ3v) is 4.70. The summed E-state index contributed by atoms with van der Waals surface area (Å²) >= 11 is 6.29. The van der Waals surface area contributed by atoms with Crippen LogP contribution >= 0.6 is 11.6 Å². The third kappa shape index (κ3) is 4.11. The van der Waals surface area contributed by atoms with Gasteiger partial charge in [-0.2, -0.15) is 5.26 Å². The van der Waals surface area contributed by atoms with Gasteiger partial charge >= 0.3 is 5.97 Å². The molecule has 0 spiro atoms. The lowest BCUT2D eigenvalue weighted by molar-refractivity contribution is 0.0697. The maximum atomic E-state index is 10.9. The number of nitrogens with zero attached hydrogens (tertiary/aromatic N) is 3. The summed E-state index contributed by atoms with van der Waals surface area (Å²) in [6.45, 7) is 4.32. The van der Waals surface area contributed by atoms with Crippen LogP contribution in [0.5, 0.6) is 0 Å². The molecule has 3 rings (SSSR count). The summed E-state index contributed by atoms with van der Waals surface area (Å²) in [5.41, 5.74) is 2.95. The number of benzene rings is 2. The Bertz CT molecular complexity index is 806. The summed E-state index contributed by atoms with van der Waals surface area (Å²) in [4.78, 5) is 15.5. The van der Waals surface area contributed by atoms with Crippen LogP contribution in [0.2, 0.25) is 5.02 Å². The van der Waals surface area contributed by atoms with Crippen LogP contribution in [-0.2, 0) is 6.54 Å². The molecule has 0 amide bonds. The van der Waals surface area contributed by atoms with Crippen LogP contribution in [0.25, 0.3) is 0 Å². The predicted molar refractivity (Wildman–Crippen MR) is 97.1 cm³/mol. The van der Waals surface area contributed by atoms with E-state index in [0.29, 0.717) is 16.1 Å². The highest BCUT2D eigenvalue weighted by Gasteiger charge is 2.19. The monoisotopic (exact) mass is 355 g/mol. The molecule has 5 nitrogen and oxygen atoms in total. The largest absolute Gasteiger partial charge is 0.478 e. The summed E-state index contributed by atoms with van der Waals surface area (Å²) in [6.07, 6.45) is 0. The zero-order chi connectivity index (χ0) is 17.8. The first-order chi connectivity index (χ1) is 12.1. The van der Waals surface area contributed by atoms with Crippen molar-refractivity contribution in [1.29, 1.82) is 5.26 Å². The van der Waals surface area contributed by atoms with Gasteiger partial charge in [0.25, 0.3) is 0 Å². The number of halogens is 1. The van der Waals surface area contributed by atoms with Crippen LogP contribution in [0.3, 0.4) is 0 Å². The van der Waals surface area contributed by atoms with E-state index in [4.69, 9.17) is 22.0 Å². The van der Waals surface area contributed by atoms with Crippen LogP contribution < -0.4 is 4.90 Å². The Balaban J connectivity index is 1.58. The molecule has 0 aromatic heterocycles. The lowest BCUT2D eigenvalue weighted by atomic mass is 10.1. The number of piperazine rings is 1. The maximum absolute atomic E-state index is 10.9. The number of rotatable bonds is 4. The molecule has 0 unspecified atom stereocenters. The molecular weight excluding hydrogens is 338 g/mol. The topological polar surface area (TPSA) is 67.6 Å². The molecule has 2 aromatic carbocycles. The molecule has 0 radical (unpaired) electrons. The van der Waals surface area contributed by atoms with Gasteiger partial charge in [-0.3, -0.25) is 4.90 Å². The standard InChI is InChI=1S/C19H18ClN3O2/c20-17-11-15(12-21)3-6-18(17)23-9-7-22(8-10-23)13-14-1-4-16(5-2-14)19(24)25/h1-6,11H,7-10,13H2,(H,24,25). The minimum atomic E-state index is -0.903. The molecule has 1 N–H and O–H groups in total. The van der Waals surface area contributed by atoms with Crippen LogP contribution in [0.4, 0.5) is 5.69 Å². The van der Waals surface area contributed by atoms with Gasteiger partial charge in [-0.1, -0.05) is 23.7 Å². The Hall–Kier alpha value is -2.55. The fourth-order valence-corrected chi connectivity index (χ4v) is 3.29. The molecule has 25 heavy (non-hydrogen) atoms. The number of aromatic carboxylic acids is 1. The van der Waals surface area contributed by atoms with Gasteiger partial charge in [0.1, 0.15) is 0 Å². The first kappa shape index (κ1) is 17.3. The first-order valence-corrected chi connectivity index (χ1v) is 8.44. The smallest absolute Gasteiger partial charge is 0.335 e. The lowest BCUT2D eigenvalue weighted by Gasteiger charge is -2.36. The minimum absolute atomic E-state index is 0.309. The minimum Gasteiger partial charge on any atom is -0.478 e. The molecule has 0 saturated carbocycles. The van der Waals surface area contributed by atoms with Gasteiger partial charge < -0.3 is 10.0 Å².